The standard InChI is InChI=1S/C25H30N4O2S/c1-29(18-9-3-2-4-10-18)24(30)17-32-22-14-8-5-11-19(22)25(31)26-16-15-23-27-20-12-6-7-13-21(20)28-23/h5-8,11-14,18H,2-4,9-10,15-17H2,1H3,(H,26,31)(H,27,28). The lowest BCUT2D eigenvalue weighted by atomic mass is 9.94. The molecule has 7 heteroatoms. The lowest BCUT2D eigenvalue weighted by Crippen LogP contribution is -2.39. The van der Waals surface area contributed by atoms with Crippen molar-refractivity contribution < 1.29 is 9.59 Å². The Labute approximate surface area is 193 Å². The summed E-state index contributed by atoms with van der Waals surface area (Å²) < 4.78 is 0. The molecule has 0 saturated heterocycles. The number of fused-ring (bicyclic) bond motifs is 1. The van der Waals surface area contributed by atoms with Crippen molar-refractivity contribution in [2.75, 3.05) is 19.3 Å². The van der Waals surface area contributed by atoms with E-state index in [2.05, 4.69) is 15.3 Å². The van der Waals surface area contributed by atoms with Crippen molar-refractivity contribution in [3.8, 4) is 0 Å². The fourth-order valence-corrected chi connectivity index (χ4v) is 5.18. The van der Waals surface area contributed by atoms with E-state index in [0.717, 1.165) is 34.6 Å². The zero-order valence-corrected chi connectivity index (χ0v) is 19.3. The SMILES string of the molecule is CN(C(=O)CSc1ccccc1C(=O)NCCc1nc2ccccc2[nH]1)C1CCCCC1. The third-order valence-corrected chi connectivity index (χ3v) is 7.14. The van der Waals surface area contributed by atoms with E-state index in [1.165, 1.54) is 31.0 Å². The molecule has 1 aliphatic rings. The Hall–Kier alpha value is -2.80. The normalized spacial score (nSPS) is 14.4. The lowest BCUT2D eigenvalue weighted by molar-refractivity contribution is -0.129. The maximum atomic E-state index is 12.8. The van der Waals surface area contributed by atoms with Crippen LogP contribution >= 0.6 is 11.8 Å². The van der Waals surface area contributed by atoms with Gasteiger partial charge in [0.2, 0.25) is 5.91 Å². The maximum Gasteiger partial charge on any atom is 0.252 e. The number of H-pyrrole nitrogens is 1. The molecule has 1 aromatic heterocycles. The molecule has 2 aromatic carbocycles. The summed E-state index contributed by atoms with van der Waals surface area (Å²) in [5.74, 6) is 1.20. The Balaban J connectivity index is 1.30. The number of carbonyl (C=O) groups excluding carboxylic acids is 2. The number of para-hydroxylation sites is 2. The van der Waals surface area contributed by atoms with Gasteiger partial charge in [0.05, 0.1) is 22.3 Å². The number of hydrogen-bond acceptors (Lipinski definition) is 4. The third-order valence-electron chi connectivity index (χ3n) is 6.08. The van der Waals surface area contributed by atoms with Crippen molar-refractivity contribution >= 4 is 34.6 Å². The average Bonchev–Trinajstić information content (AvgIpc) is 3.25. The number of thioether (sulfide) groups is 1. The van der Waals surface area contributed by atoms with Gasteiger partial charge < -0.3 is 15.2 Å². The number of aromatic amines is 1. The average molecular weight is 451 g/mol. The van der Waals surface area contributed by atoms with Gasteiger partial charge in [0, 0.05) is 31.0 Å². The predicted molar refractivity (Wildman–Crippen MR) is 129 cm³/mol. The van der Waals surface area contributed by atoms with Crippen LogP contribution in [0, 0.1) is 0 Å². The van der Waals surface area contributed by atoms with Gasteiger partial charge in [-0.05, 0) is 37.1 Å². The highest BCUT2D eigenvalue weighted by atomic mass is 32.2. The molecule has 1 aliphatic carbocycles. The van der Waals surface area contributed by atoms with Gasteiger partial charge in [-0.3, -0.25) is 9.59 Å². The Bertz CT molecular complexity index is 1040. The van der Waals surface area contributed by atoms with Crippen molar-refractivity contribution in [2.45, 2.75) is 49.5 Å². The Morgan fingerprint density at radius 3 is 2.66 bits per heavy atom. The smallest absolute Gasteiger partial charge is 0.252 e. The second kappa shape index (κ2) is 10.7. The molecule has 1 fully saturated rings. The molecule has 0 bridgehead atoms. The zero-order valence-electron chi connectivity index (χ0n) is 18.5. The summed E-state index contributed by atoms with van der Waals surface area (Å²) in [7, 11) is 1.91. The van der Waals surface area contributed by atoms with Crippen molar-refractivity contribution in [1.29, 1.82) is 0 Å². The highest BCUT2D eigenvalue weighted by Crippen LogP contribution is 2.25. The van der Waals surface area contributed by atoms with Gasteiger partial charge in [0.1, 0.15) is 5.82 Å². The summed E-state index contributed by atoms with van der Waals surface area (Å²) in [6, 6.07) is 15.7. The molecule has 1 heterocycles. The fourth-order valence-electron chi connectivity index (χ4n) is 4.21. The molecule has 3 aromatic rings. The van der Waals surface area contributed by atoms with Crippen molar-refractivity contribution in [3.63, 3.8) is 0 Å². The number of imidazole rings is 1. The van der Waals surface area contributed by atoms with Crippen LogP contribution in [0.3, 0.4) is 0 Å². The minimum atomic E-state index is -0.128. The van der Waals surface area contributed by atoms with Crippen molar-refractivity contribution in [2.24, 2.45) is 0 Å². The molecule has 0 unspecified atom stereocenters. The molecule has 0 atom stereocenters. The van der Waals surface area contributed by atoms with Gasteiger partial charge in [0.15, 0.2) is 0 Å². The highest BCUT2D eigenvalue weighted by Gasteiger charge is 2.22. The monoisotopic (exact) mass is 450 g/mol. The van der Waals surface area contributed by atoms with Crippen LogP contribution in [0.15, 0.2) is 53.4 Å². The fraction of sp³-hybridized carbons (Fsp3) is 0.400. The molecule has 1 saturated carbocycles. The third kappa shape index (κ3) is 5.51. The van der Waals surface area contributed by atoms with Crippen molar-refractivity contribution in [3.05, 3.63) is 59.9 Å². The summed E-state index contributed by atoms with van der Waals surface area (Å²) >= 11 is 1.44. The summed E-state index contributed by atoms with van der Waals surface area (Å²) in [6.07, 6.45) is 6.49. The van der Waals surface area contributed by atoms with E-state index in [9.17, 15) is 9.59 Å². The molecular formula is C25H30N4O2S. The van der Waals surface area contributed by atoms with Crippen LogP contribution in [0.4, 0.5) is 0 Å². The van der Waals surface area contributed by atoms with Gasteiger partial charge >= 0.3 is 0 Å². The van der Waals surface area contributed by atoms with Gasteiger partial charge in [-0.25, -0.2) is 4.98 Å². The summed E-state index contributed by atoms with van der Waals surface area (Å²) in [5.41, 5.74) is 2.53. The van der Waals surface area contributed by atoms with E-state index in [0.29, 0.717) is 30.3 Å². The number of amides is 2. The van der Waals surface area contributed by atoms with Crippen LogP contribution in [0.2, 0.25) is 0 Å². The topological polar surface area (TPSA) is 78.1 Å². The number of benzene rings is 2. The van der Waals surface area contributed by atoms with E-state index < -0.39 is 0 Å². The van der Waals surface area contributed by atoms with Crippen LogP contribution in [0.25, 0.3) is 11.0 Å². The first-order chi connectivity index (χ1) is 15.6. The van der Waals surface area contributed by atoms with Gasteiger partial charge in [-0.1, -0.05) is 43.5 Å². The number of carbonyl (C=O) groups is 2. The number of nitrogens with one attached hydrogen (secondary N) is 2. The lowest BCUT2D eigenvalue weighted by Gasteiger charge is -2.31. The Morgan fingerprint density at radius 1 is 1.09 bits per heavy atom. The van der Waals surface area contributed by atoms with E-state index in [1.807, 2.05) is 60.5 Å². The van der Waals surface area contributed by atoms with Crippen LogP contribution in [-0.2, 0) is 11.2 Å². The number of aromatic nitrogens is 2. The molecule has 168 valence electrons. The molecule has 0 aliphatic heterocycles. The molecule has 2 amide bonds. The van der Waals surface area contributed by atoms with Gasteiger partial charge in [0.25, 0.3) is 5.91 Å². The van der Waals surface area contributed by atoms with Crippen LogP contribution in [-0.4, -0.2) is 52.1 Å². The van der Waals surface area contributed by atoms with Gasteiger partial charge in [-0.15, -0.1) is 11.8 Å². The molecule has 6 nitrogen and oxygen atoms in total. The first-order valence-electron chi connectivity index (χ1n) is 11.3. The predicted octanol–water partition coefficient (Wildman–Crippen LogP) is 4.42. The Morgan fingerprint density at radius 2 is 1.84 bits per heavy atom. The summed E-state index contributed by atoms with van der Waals surface area (Å²) in [4.78, 5) is 36.1. The van der Waals surface area contributed by atoms with Crippen molar-refractivity contribution in [1.82, 2.24) is 20.2 Å². The Kier molecular flexibility index (Phi) is 7.47. The number of rotatable bonds is 8. The van der Waals surface area contributed by atoms with E-state index in [1.54, 1.807) is 0 Å². The molecular weight excluding hydrogens is 420 g/mol. The molecule has 32 heavy (non-hydrogen) atoms. The minimum absolute atomic E-state index is 0.127. The quantitative estimate of drug-likeness (QED) is 0.498. The van der Waals surface area contributed by atoms with E-state index >= 15 is 0 Å². The van der Waals surface area contributed by atoms with E-state index in [4.69, 9.17) is 0 Å². The maximum absolute atomic E-state index is 12.8. The van der Waals surface area contributed by atoms with Crippen LogP contribution < -0.4 is 5.32 Å². The van der Waals surface area contributed by atoms with Gasteiger partial charge in [-0.2, -0.15) is 0 Å². The summed E-state index contributed by atoms with van der Waals surface area (Å²) in [5, 5.41) is 2.99. The minimum Gasteiger partial charge on any atom is -0.352 e. The summed E-state index contributed by atoms with van der Waals surface area (Å²) in [6.45, 7) is 0.487. The first kappa shape index (κ1) is 22.4. The molecule has 2 N–H and O–H groups in total. The number of hydrogen-bond donors (Lipinski definition) is 2. The highest BCUT2D eigenvalue weighted by molar-refractivity contribution is 8.00. The van der Waals surface area contributed by atoms with E-state index in [-0.39, 0.29) is 11.8 Å². The largest absolute Gasteiger partial charge is 0.352 e. The second-order valence-corrected chi connectivity index (χ2v) is 9.31. The molecule has 0 radical (unpaired) electrons. The second-order valence-electron chi connectivity index (χ2n) is 8.29. The molecule has 0 spiro atoms. The van der Waals surface area contributed by atoms with Crippen LogP contribution in [0.1, 0.15) is 48.3 Å². The van der Waals surface area contributed by atoms with Crippen LogP contribution in [0.5, 0.6) is 0 Å². The first-order valence-corrected chi connectivity index (χ1v) is 12.3. The number of nitrogens with zero attached hydrogens (tertiary/aromatic N) is 2. The zero-order chi connectivity index (χ0) is 22.3. The molecule has 4 rings (SSSR count).